The Kier molecular flexibility index (Phi) is 7.64. The van der Waals surface area contributed by atoms with E-state index >= 15 is 0 Å². The van der Waals surface area contributed by atoms with Gasteiger partial charge in [0, 0.05) is 12.1 Å². The molecule has 0 radical (unpaired) electrons. The number of Topliss-reactive ketones (excluding diaryl/α,β-unsaturated/α-hetero) is 1. The summed E-state index contributed by atoms with van der Waals surface area (Å²) in [7, 11) is 1.51. The van der Waals surface area contributed by atoms with Crippen molar-refractivity contribution in [2.45, 2.75) is 26.3 Å². The van der Waals surface area contributed by atoms with Crippen molar-refractivity contribution in [3.05, 3.63) is 71.0 Å². The number of ether oxygens (including phenoxy) is 1. The third kappa shape index (κ3) is 4.83. The van der Waals surface area contributed by atoms with Crippen molar-refractivity contribution in [3.63, 3.8) is 0 Å². The first-order valence-electron chi connectivity index (χ1n) is 10.8. The molecule has 1 saturated heterocycles. The van der Waals surface area contributed by atoms with E-state index in [4.69, 9.17) is 4.74 Å². The molecule has 0 spiro atoms. The van der Waals surface area contributed by atoms with E-state index in [-0.39, 0.29) is 11.3 Å². The molecule has 0 aromatic heterocycles. The Morgan fingerprint density at radius 2 is 1.81 bits per heavy atom. The molecule has 1 atom stereocenters. The number of rotatable bonds is 9. The Hall–Kier alpha value is -3.19. The monoisotopic (exact) mass is 440 g/mol. The van der Waals surface area contributed by atoms with Crippen LogP contribution in [0.2, 0.25) is 0 Å². The van der Waals surface area contributed by atoms with E-state index in [1.165, 1.54) is 24.1 Å². The van der Waals surface area contributed by atoms with Crippen molar-refractivity contribution in [3.8, 4) is 5.75 Å². The van der Waals surface area contributed by atoms with Crippen LogP contribution in [0.5, 0.6) is 5.75 Å². The molecule has 0 saturated carbocycles. The number of likely N-dealkylation sites (tertiary alicyclic amines) is 1. The summed E-state index contributed by atoms with van der Waals surface area (Å²) in [6.07, 6.45) is 0.672. The molecule has 2 aromatic carbocycles. The number of nitrogens with zero attached hydrogens (tertiary/aromatic N) is 2. The van der Waals surface area contributed by atoms with Crippen LogP contribution in [0.3, 0.4) is 0 Å². The van der Waals surface area contributed by atoms with Crippen LogP contribution in [0.1, 0.15) is 37.4 Å². The van der Waals surface area contributed by atoms with E-state index in [0.717, 1.165) is 19.6 Å². The molecule has 6 nitrogen and oxygen atoms in total. The summed E-state index contributed by atoms with van der Waals surface area (Å²) in [6, 6.07) is 11.5. The van der Waals surface area contributed by atoms with Gasteiger partial charge in [-0.3, -0.25) is 9.59 Å². The van der Waals surface area contributed by atoms with E-state index in [9.17, 15) is 19.1 Å². The lowest BCUT2D eigenvalue weighted by molar-refractivity contribution is -0.140. The average Bonchev–Trinajstić information content (AvgIpc) is 3.07. The van der Waals surface area contributed by atoms with Crippen molar-refractivity contribution < 1.29 is 23.8 Å². The summed E-state index contributed by atoms with van der Waals surface area (Å²) < 4.78 is 18.8. The molecule has 0 aliphatic carbocycles. The van der Waals surface area contributed by atoms with Gasteiger partial charge in [-0.25, -0.2) is 4.39 Å². The maximum absolute atomic E-state index is 13.6. The van der Waals surface area contributed by atoms with Gasteiger partial charge in [0.05, 0.1) is 18.7 Å². The number of halogens is 1. The van der Waals surface area contributed by atoms with Crippen LogP contribution < -0.4 is 4.74 Å². The quantitative estimate of drug-likeness (QED) is 0.363. The van der Waals surface area contributed by atoms with E-state index in [2.05, 4.69) is 18.7 Å². The van der Waals surface area contributed by atoms with Crippen LogP contribution in [0, 0.1) is 5.82 Å². The standard InChI is InChI=1S/C25H29FN2O4/c1-4-27(5-2)14-7-15-28-22(17-10-12-19(26)13-11-17)21(24(30)25(28)31)23(29)18-8-6-9-20(16-18)32-3/h6,8-13,16,22,29H,4-5,7,14-15H2,1-3H3/b23-21+/t22-/m0/s1. The van der Waals surface area contributed by atoms with Gasteiger partial charge in [-0.05, 0) is 55.9 Å². The van der Waals surface area contributed by atoms with Gasteiger partial charge >= 0.3 is 0 Å². The number of carbonyl (C=O) groups excluding carboxylic acids is 2. The molecule has 1 amide bonds. The van der Waals surface area contributed by atoms with Crippen LogP contribution in [0.4, 0.5) is 4.39 Å². The SMILES string of the molecule is CCN(CC)CCCN1C(=O)C(=O)/C(=C(/O)c2cccc(OC)c2)[C@@H]1c1ccc(F)cc1. The fourth-order valence-electron chi connectivity index (χ4n) is 4.03. The molecule has 0 bridgehead atoms. The van der Waals surface area contributed by atoms with Crippen LogP contribution >= 0.6 is 0 Å². The lowest BCUT2D eigenvalue weighted by atomic mass is 9.95. The van der Waals surface area contributed by atoms with Gasteiger partial charge < -0.3 is 19.6 Å². The average molecular weight is 441 g/mol. The second-order valence-electron chi connectivity index (χ2n) is 7.66. The number of aliphatic hydroxyl groups excluding tert-OH is 1. The number of hydrogen-bond acceptors (Lipinski definition) is 5. The minimum Gasteiger partial charge on any atom is -0.507 e. The molecule has 0 unspecified atom stereocenters. The van der Waals surface area contributed by atoms with Crippen molar-refractivity contribution in [2.75, 3.05) is 33.3 Å². The Morgan fingerprint density at radius 3 is 2.44 bits per heavy atom. The molecule has 1 N–H and O–H groups in total. The van der Waals surface area contributed by atoms with Gasteiger partial charge in [0.25, 0.3) is 11.7 Å². The summed E-state index contributed by atoms with van der Waals surface area (Å²) in [4.78, 5) is 29.7. The minimum absolute atomic E-state index is 0.00213. The first kappa shape index (κ1) is 23.5. The first-order valence-corrected chi connectivity index (χ1v) is 10.8. The zero-order valence-corrected chi connectivity index (χ0v) is 18.7. The van der Waals surface area contributed by atoms with E-state index in [1.54, 1.807) is 36.4 Å². The number of amides is 1. The van der Waals surface area contributed by atoms with Gasteiger partial charge in [-0.2, -0.15) is 0 Å². The van der Waals surface area contributed by atoms with Gasteiger partial charge in [0.2, 0.25) is 0 Å². The summed E-state index contributed by atoms with van der Waals surface area (Å²) in [5, 5.41) is 11.1. The molecule has 3 rings (SSSR count). The van der Waals surface area contributed by atoms with Crippen LogP contribution in [-0.2, 0) is 9.59 Å². The van der Waals surface area contributed by atoms with E-state index < -0.39 is 23.5 Å². The number of hydrogen-bond donors (Lipinski definition) is 1. The lowest BCUT2D eigenvalue weighted by Crippen LogP contribution is -2.33. The first-order chi connectivity index (χ1) is 15.4. The van der Waals surface area contributed by atoms with Gasteiger partial charge in [-0.15, -0.1) is 0 Å². The Labute approximate surface area is 187 Å². The van der Waals surface area contributed by atoms with Crippen molar-refractivity contribution >= 4 is 17.4 Å². The fraction of sp³-hybridized carbons (Fsp3) is 0.360. The largest absolute Gasteiger partial charge is 0.507 e. The van der Waals surface area contributed by atoms with Crippen LogP contribution in [0.15, 0.2) is 54.1 Å². The third-order valence-electron chi connectivity index (χ3n) is 5.84. The number of benzene rings is 2. The predicted molar refractivity (Wildman–Crippen MR) is 121 cm³/mol. The highest BCUT2D eigenvalue weighted by atomic mass is 19.1. The topological polar surface area (TPSA) is 70.1 Å². The zero-order valence-electron chi connectivity index (χ0n) is 18.7. The minimum atomic E-state index is -0.793. The molecule has 7 heteroatoms. The predicted octanol–water partition coefficient (Wildman–Crippen LogP) is 3.99. The molecule has 1 heterocycles. The van der Waals surface area contributed by atoms with Gasteiger partial charge in [0.1, 0.15) is 17.3 Å². The summed E-state index contributed by atoms with van der Waals surface area (Å²) in [6.45, 7) is 7.06. The van der Waals surface area contributed by atoms with E-state index in [1.807, 2.05) is 0 Å². The molecular weight excluding hydrogens is 411 g/mol. The summed E-state index contributed by atoms with van der Waals surface area (Å²) in [5.74, 6) is -1.59. The Morgan fingerprint density at radius 1 is 1.12 bits per heavy atom. The second kappa shape index (κ2) is 10.4. The highest BCUT2D eigenvalue weighted by Crippen LogP contribution is 2.39. The van der Waals surface area contributed by atoms with Crippen LogP contribution in [0.25, 0.3) is 5.76 Å². The van der Waals surface area contributed by atoms with Gasteiger partial charge in [-0.1, -0.05) is 38.1 Å². The van der Waals surface area contributed by atoms with Crippen LogP contribution in [-0.4, -0.2) is 59.9 Å². The van der Waals surface area contributed by atoms with Crippen molar-refractivity contribution in [2.24, 2.45) is 0 Å². The molecular formula is C25H29FN2O4. The summed E-state index contributed by atoms with van der Waals surface area (Å²) in [5.41, 5.74) is 0.938. The highest BCUT2D eigenvalue weighted by molar-refractivity contribution is 6.46. The maximum Gasteiger partial charge on any atom is 0.295 e. The third-order valence-corrected chi connectivity index (χ3v) is 5.84. The Bertz CT molecular complexity index is 999. The normalized spacial score (nSPS) is 17.9. The molecule has 1 aliphatic rings. The number of ketones is 1. The van der Waals surface area contributed by atoms with Gasteiger partial charge in [0.15, 0.2) is 0 Å². The number of aliphatic hydroxyl groups is 1. The van der Waals surface area contributed by atoms with Crippen molar-refractivity contribution in [1.29, 1.82) is 0 Å². The Balaban J connectivity index is 2.03. The van der Waals surface area contributed by atoms with E-state index in [0.29, 0.717) is 29.8 Å². The molecule has 1 aliphatic heterocycles. The smallest absolute Gasteiger partial charge is 0.295 e. The molecule has 1 fully saturated rings. The zero-order chi connectivity index (χ0) is 23.3. The lowest BCUT2D eigenvalue weighted by Gasteiger charge is -2.26. The maximum atomic E-state index is 13.6. The molecule has 32 heavy (non-hydrogen) atoms. The highest BCUT2D eigenvalue weighted by Gasteiger charge is 2.45. The number of methoxy groups -OCH3 is 1. The van der Waals surface area contributed by atoms with Crippen molar-refractivity contribution in [1.82, 2.24) is 9.80 Å². The fourth-order valence-corrected chi connectivity index (χ4v) is 4.03. The summed E-state index contributed by atoms with van der Waals surface area (Å²) >= 11 is 0. The number of carbonyl (C=O) groups is 2. The molecule has 170 valence electrons. The second-order valence-corrected chi connectivity index (χ2v) is 7.66. The molecule has 2 aromatic rings.